The maximum Gasteiger partial charge on any atom is 0.326 e. The Labute approximate surface area is 122 Å². The molecule has 0 saturated heterocycles. The van der Waals surface area contributed by atoms with Crippen molar-refractivity contribution in [2.45, 2.75) is 25.5 Å². The maximum absolute atomic E-state index is 11.8. The van der Waals surface area contributed by atoms with Crippen LogP contribution in [0.5, 0.6) is 5.75 Å². The van der Waals surface area contributed by atoms with Gasteiger partial charge in [0, 0.05) is 20.0 Å². The van der Waals surface area contributed by atoms with Gasteiger partial charge in [-0.15, -0.1) is 0 Å². The molecule has 0 saturated carbocycles. The molecule has 0 spiro atoms. The Bertz CT molecular complexity index is 487. The molecular weight excluding hydrogens is 276 g/mol. The number of carbonyl (C=O) groups is 2. The van der Waals surface area contributed by atoms with Crippen molar-refractivity contribution in [3.05, 3.63) is 29.8 Å². The number of aliphatic carboxylic acids is 1. The first-order valence-corrected chi connectivity index (χ1v) is 6.50. The molecule has 0 heterocycles. The Morgan fingerprint density at radius 1 is 1.29 bits per heavy atom. The lowest BCUT2D eigenvalue weighted by Gasteiger charge is -2.22. The average Bonchev–Trinajstić information content (AvgIpc) is 2.39. The number of nitrogens with zero attached hydrogens (tertiary/aromatic N) is 1. The number of aromatic hydroxyl groups is 1. The molecular formula is C14H20N2O5. The summed E-state index contributed by atoms with van der Waals surface area (Å²) in [5.74, 6) is -1.06. The zero-order valence-corrected chi connectivity index (χ0v) is 12.0. The predicted molar refractivity (Wildman–Crippen MR) is 76.1 cm³/mol. The molecule has 0 aliphatic rings. The van der Waals surface area contributed by atoms with Crippen LogP contribution in [0.3, 0.4) is 0 Å². The van der Waals surface area contributed by atoms with Crippen LogP contribution in [-0.4, -0.2) is 58.0 Å². The van der Waals surface area contributed by atoms with Gasteiger partial charge in [-0.25, -0.2) is 9.59 Å². The Balaban J connectivity index is 2.67. The normalized spacial score (nSPS) is 13.3. The Morgan fingerprint density at radius 2 is 1.86 bits per heavy atom. The summed E-state index contributed by atoms with van der Waals surface area (Å²) in [4.78, 5) is 24.3. The van der Waals surface area contributed by atoms with Crippen LogP contribution in [0.4, 0.5) is 4.79 Å². The molecule has 4 N–H and O–H groups in total. The number of carbonyl (C=O) groups excluding carboxylic acids is 1. The highest BCUT2D eigenvalue weighted by molar-refractivity contribution is 5.82. The van der Waals surface area contributed by atoms with Gasteiger partial charge in [0.15, 0.2) is 0 Å². The quantitative estimate of drug-likeness (QED) is 0.608. The lowest BCUT2D eigenvalue weighted by atomic mass is 10.1. The molecule has 0 radical (unpaired) electrons. The lowest BCUT2D eigenvalue weighted by molar-refractivity contribution is -0.139. The summed E-state index contributed by atoms with van der Waals surface area (Å²) in [6.07, 6.45) is -0.592. The van der Waals surface area contributed by atoms with Crippen LogP contribution in [0.2, 0.25) is 0 Å². The lowest BCUT2D eigenvalue weighted by Crippen LogP contribution is -2.49. The van der Waals surface area contributed by atoms with Crippen LogP contribution in [0.25, 0.3) is 0 Å². The second-order valence-electron chi connectivity index (χ2n) is 4.94. The van der Waals surface area contributed by atoms with Gasteiger partial charge < -0.3 is 25.5 Å². The molecule has 7 nitrogen and oxygen atoms in total. The van der Waals surface area contributed by atoms with Gasteiger partial charge in [0.2, 0.25) is 0 Å². The van der Waals surface area contributed by atoms with Gasteiger partial charge in [-0.3, -0.25) is 0 Å². The fourth-order valence-corrected chi connectivity index (χ4v) is 1.81. The zero-order chi connectivity index (χ0) is 16.0. The third kappa shape index (κ3) is 5.70. The summed E-state index contributed by atoms with van der Waals surface area (Å²) >= 11 is 0. The van der Waals surface area contributed by atoms with E-state index in [1.165, 1.54) is 31.0 Å². The Kier molecular flexibility index (Phi) is 5.98. The number of aliphatic hydroxyl groups excluding tert-OH is 1. The van der Waals surface area contributed by atoms with Gasteiger partial charge in [0.05, 0.1) is 6.10 Å². The fourth-order valence-electron chi connectivity index (χ4n) is 1.81. The molecule has 2 amide bonds. The van der Waals surface area contributed by atoms with Gasteiger partial charge in [0.1, 0.15) is 11.8 Å². The minimum absolute atomic E-state index is 0.0892. The number of hydrogen-bond donors (Lipinski definition) is 4. The van der Waals surface area contributed by atoms with Crippen molar-refractivity contribution in [1.82, 2.24) is 10.2 Å². The first-order chi connectivity index (χ1) is 9.79. The molecule has 0 bridgehead atoms. The number of phenols is 1. The summed E-state index contributed by atoms with van der Waals surface area (Å²) in [5.41, 5.74) is 0.679. The summed E-state index contributed by atoms with van der Waals surface area (Å²) in [6.45, 7) is 1.65. The highest BCUT2D eigenvalue weighted by Crippen LogP contribution is 2.11. The molecule has 21 heavy (non-hydrogen) atoms. The molecule has 1 aromatic carbocycles. The standard InChI is InChI=1S/C14H20N2O5/c1-9(17)8-16(2)14(21)15-12(13(19)20)7-10-3-5-11(18)6-4-10/h3-6,9,12,17-18H,7-8H2,1-2H3,(H,15,21)(H,19,20)/t9?,12-/m1/s1. The number of hydrogen-bond acceptors (Lipinski definition) is 4. The molecule has 116 valence electrons. The van der Waals surface area contributed by atoms with Gasteiger partial charge in [-0.05, 0) is 24.6 Å². The average molecular weight is 296 g/mol. The number of amides is 2. The molecule has 1 unspecified atom stereocenters. The first kappa shape index (κ1) is 16.8. The van der Waals surface area contributed by atoms with Gasteiger partial charge in [-0.2, -0.15) is 0 Å². The highest BCUT2D eigenvalue weighted by Gasteiger charge is 2.22. The van der Waals surface area contributed by atoms with E-state index in [0.717, 1.165) is 0 Å². The summed E-state index contributed by atoms with van der Waals surface area (Å²) in [6, 6.07) is 4.44. The van der Waals surface area contributed by atoms with E-state index in [1.807, 2.05) is 0 Å². The highest BCUT2D eigenvalue weighted by atomic mass is 16.4. The van der Waals surface area contributed by atoms with Crippen molar-refractivity contribution in [2.24, 2.45) is 0 Å². The molecule has 0 fully saturated rings. The SMILES string of the molecule is CC(O)CN(C)C(=O)N[C@H](Cc1ccc(O)cc1)C(=O)O. The number of nitrogens with one attached hydrogen (secondary N) is 1. The van der Waals surface area contributed by atoms with Crippen molar-refractivity contribution >= 4 is 12.0 Å². The number of carboxylic acids is 1. The van der Waals surface area contributed by atoms with Gasteiger partial charge >= 0.3 is 12.0 Å². The minimum Gasteiger partial charge on any atom is -0.508 e. The summed E-state index contributed by atoms with van der Waals surface area (Å²) in [5, 5.41) is 30.0. The molecule has 7 heteroatoms. The number of likely N-dealkylation sites (N-methyl/N-ethyl adjacent to an activating group) is 1. The molecule has 0 aliphatic heterocycles. The van der Waals surface area contributed by atoms with E-state index in [0.29, 0.717) is 5.56 Å². The van der Waals surface area contributed by atoms with E-state index in [1.54, 1.807) is 12.1 Å². The maximum atomic E-state index is 11.8. The molecule has 1 aromatic rings. The van der Waals surface area contributed by atoms with Crippen molar-refractivity contribution in [3.8, 4) is 5.75 Å². The minimum atomic E-state index is -1.15. The van der Waals surface area contributed by atoms with Crippen LogP contribution in [0.15, 0.2) is 24.3 Å². The van der Waals surface area contributed by atoms with E-state index in [-0.39, 0.29) is 18.7 Å². The fraction of sp³-hybridized carbons (Fsp3) is 0.429. The Morgan fingerprint density at radius 3 is 2.33 bits per heavy atom. The van der Waals surface area contributed by atoms with E-state index in [4.69, 9.17) is 5.11 Å². The van der Waals surface area contributed by atoms with Crippen LogP contribution in [-0.2, 0) is 11.2 Å². The van der Waals surface area contributed by atoms with Crippen LogP contribution in [0.1, 0.15) is 12.5 Å². The number of rotatable bonds is 6. The third-order valence-electron chi connectivity index (χ3n) is 2.86. The summed E-state index contributed by atoms with van der Waals surface area (Å²) < 4.78 is 0. The predicted octanol–water partition coefficient (Wildman–Crippen LogP) is 0.410. The molecule has 0 aromatic heterocycles. The second kappa shape index (κ2) is 7.49. The van der Waals surface area contributed by atoms with Crippen LogP contribution < -0.4 is 5.32 Å². The topological polar surface area (TPSA) is 110 Å². The number of urea groups is 1. The van der Waals surface area contributed by atoms with E-state index in [9.17, 15) is 19.8 Å². The Hall–Kier alpha value is -2.28. The van der Waals surface area contributed by atoms with E-state index < -0.39 is 24.1 Å². The van der Waals surface area contributed by atoms with Crippen molar-refractivity contribution < 1.29 is 24.9 Å². The largest absolute Gasteiger partial charge is 0.508 e. The number of benzene rings is 1. The van der Waals surface area contributed by atoms with Gasteiger partial charge in [0.25, 0.3) is 0 Å². The van der Waals surface area contributed by atoms with Crippen LogP contribution >= 0.6 is 0 Å². The molecule has 0 aliphatic carbocycles. The van der Waals surface area contributed by atoms with Crippen LogP contribution in [0, 0.1) is 0 Å². The van der Waals surface area contributed by atoms with Crippen molar-refractivity contribution in [1.29, 1.82) is 0 Å². The van der Waals surface area contributed by atoms with E-state index in [2.05, 4.69) is 5.32 Å². The summed E-state index contributed by atoms with van der Waals surface area (Å²) in [7, 11) is 1.47. The second-order valence-corrected chi connectivity index (χ2v) is 4.94. The zero-order valence-electron chi connectivity index (χ0n) is 12.0. The van der Waals surface area contributed by atoms with E-state index >= 15 is 0 Å². The molecule has 2 atom stereocenters. The van der Waals surface area contributed by atoms with Crippen molar-refractivity contribution in [3.63, 3.8) is 0 Å². The van der Waals surface area contributed by atoms with Gasteiger partial charge in [-0.1, -0.05) is 12.1 Å². The smallest absolute Gasteiger partial charge is 0.326 e. The monoisotopic (exact) mass is 296 g/mol. The number of aliphatic hydroxyl groups is 1. The molecule has 1 rings (SSSR count). The first-order valence-electron chi connectivity index (χ1n) is 6.50. The van der Waals surface area contributed by atoms with Crippen molar-refractivity contribution in [2.75, 3.05) is 13.6 Å². The third-order valence-corrected chi connectivity index (χ3v) is 2.86. The number of carboxylic acid groups (broad SMARTS) is 1. The number of phenolic OH excluding ortho intramolecular Hbond substituents is 1.